The summed E-state index contributed by atoms with van der Waals surface area (Å²) in [6, 6.07) is 70.8. The summed E-state index contributed by atoms with van der Waals surface area (Å²) in [7, 11) is 0. The molecule has 11 aromatic rings. The Balaban J connectivity index is 1.17. The van der Waals surface area contributed by atoms with Crippen molar-refractivity contribution in [2.24, 2.45) is 0 Å². The molecule has 3 nitrogen and oxygen atoms in total. The molecule has 0 bridgehead atoms. The number of furan rings is 2. The third kappa shape index (κ3) is 5.20. The molecule has 0 spiro atoms. The molecule has 0 aliphatic heterocycles. The van der Waals surface area contributed by atoms with Crippen molar-refractivity contribution in [3.63, 3.8) is 0 Å². The van der Waals surface area contributed by atoms with Gasteiger partial charge in [0.05, 0.1) is 11.1 Å². The molecule has 55 heavy (non-hydrogen) atoms. The van der Waals surface area contributed by atoms with Crippen LogP contribution in [0.2, 0.25) is 0 Å². The lowest BCUT2D eigenvalue weighted by molar-refractivity contribution is 0.664. The fraction of sp³-hybridized carbons (Fsp3) is 0. The fourth-order valence-corrected chi connectivity index (χ4v) is 8.25. The number of fused-ring (bicyclic) bond motifs is 7. The lowest BCUT2D eigenvalue weighted by Crippen LogP contribution is -2.10. The number of hydrogen-bond donors (Lipinski definition) is 0. The van der Waals surface area contributed by atoms with Gasteiger partial charge in [0, 0.05) is 33.1 Å². The highest BCUT2D eigenvalue weighted by atomic mass is 16.3. The highest BCUT2D eigenvalue weighted by Gasteiger charge is 2.25. The first-order valence-corrected chi connectivity index (χ1v) is 18.7. The maximum absolute atomic E-state index is 7.02. The second-order valence-corrected chi connectivity index (χ2v) is 14.1. The SMILES string of the molecule is c1ccc(-c2ccc(N(c3ccc(-c4ccccc4)cc3)c3cccc4oc5c(-c6ccc7ccccc7c6)c6c(cc5c34)oc3ccccc36)cc2)cc1. The highest BCUT2D eigenvalue weighted by molar-refractivity contribution is 6.25. The Bertz CT molecular complexity index is 3090. The molecule has 0 saturated carbocycles. The van der Waals surface area contributed by atoms with Crippen molar-refractivity contribution in [3.05, 3.63) is 200 Å². The van der Waals surface area contributed by atoms with Crippen molar-refractivity contribution < 1.29 is 8.83 Å². The summed E-state index contributed by atoms with van der Waals surface area (Å²) in [5.74, 6) is 0. The molecule has 0 radical (unpaired) electrons. The van der Waals surface area contributed by atoms with E-state index in [0.717, 1.165) is 72.1 Å². The third-order valence-electron chi connectivity index (χ3n) is 10.8. The van der Waals surface area contributed by atoms with Crippen LogP contribution in [-0.2, 0) is 0 Å². The Labute approximate surface area is 317 Å². The summed E-state index contributed by atoms with van der Waals surface area (Å²) >= 11 is 0. The lowest BCUT2D eigenvalue weighted by Gasteiger charge is -2.26. The van der Waals surface area contributed by atoms with E-state index in [0.29, 0.717) is 0 Å². The molecule has 0 N–H and O–H groups in total. The zero-order valence-corrected chi connectivity index (χ0v) is 29.8. The lowest BCUT2D eigenvalue weighted by atomic mass is 9.94. The summed E-state index contributed by atoms with van der Waals surface area (Å²) in [4.78, 5) is 2.35. The Morgan fingerprint density at radius 2 is 0.891 bits per heavy atom. The van der Waals surface area contributed by atoms with Gasteiger partial charge >= 0.3 is 0 Å². The Morgan fingerprint density at radius 1 is 0.327 bits per heavy atom. The predicted molar refractivity (Wildman–Crippen MR) is 229 cm³/mol. The number of anilines is 3. The normalized spacial score (nSPS) is 11.6. The summed E-state index contributed by atoms with van der Waals surface area (Å²) < 4.78 is 13.7. The van der Waals surface area contributed by atoms with Crippen molar-refractivity contribution >= 4 is 71.7 Å². The second kappa shape index (κ2) is 12.6. The van der Waals surface area contributed by atoms with Crippen molar-refractivity contribution in [1.29, 1.82) is 0 Å². The highest BCUT2D eigenvalue weighted by Crippen LogP contribution is 2.49. The van der Waals surface area contributed by atoms with Gasteiger partial charge in [-0.15, -0.1) is 0 Å². The molecule has 9 aromatic carbocycles. The Hall–Kier alpha value is -7.36. The van der Waals surface area contributed by atoms with Crippen molar-refractivity contribution in [3.8, 4) is 33.4 Å². The van der Waals surface area contributed by atoms with Crippen LogP contribution in [0.25, 0.3) is 88.0 Å². The molecule has 0 atom stereocenters. The van der Waals surface area contributed by atoms with E-state index >= 15 is 0 Å². The maximum atomic E-state index is 7.02. The molecule has 2 heterocycles. The molecule has 0 aliphatic rings. The minimum atomic E-state index is 0.818. The van der Waals surface area contributed by atoms with Crippen LogP contribution in [0.15, 0.2) is 209 Å². The first-order chi connectivity index (χ1) is 27.3. The van der Waals surface area contributed by atoms with E-state index in [4.69, 9.17) is 8.83 Å². The number of benzene rings is 9. The smallest absolute Gasteiger partial charge is 0.144 e. The molecule has 0 fully saturated rings. The van der Waals surface area contributed by atoms with Gasteiger partial charge in [0.1, 0.15) is 22.3 Å². The van der Waals surface area contributed by atoms with Gasteiger partial charge < -0.3 is 13.7 Å². The zero-order chi connectivity index (χ0) is 36.3. The minimum Gasteiger partial charge on any atom is -0.456 e. The van der Waals surface area contributed by atoms with Gasteiger partial charge in [0.2, 0.25) is 0 Å². The van der Waals surface area contributed by atoms with Gasteiger partial charge in [0.15, 0.2) is 0 Å². The van der Waals surface area contributed by atoms with Crippen LogP contribution < -0.4 is 4.90 Å². The van der Waals surface area contributed by atoms with Gasteiger partial charge in [0.25, 0.3) is 0 Å². The fourth-order valence-electron chi connectivity index (χ4n) is 8.25. The number of hydrogen-bond acceptors (Lipinski definition) is 3. The quantitative estimate of drug-likeness (QED) is 0.173. The van der Waals surface area contributed by atoms with Crippen LogP contribution in [0, 0.1) is 0 Å². The largest absolute Gasteiger partial charge is 0.456 e. The van der Waals surface area contributed by atoms with Crippen LogP contribution in [0.4, 0.5) is 17.1 Å². The summed E-state index contributed by atoms with van der Waals surface area (Å²) in [5.41, 5.74) is 13.3. The minimum absolute atomic E-state index is 0.818. The Kier molecular flexibility index (Phi) is 7.17. The second-order valence-electron chi connectivity index (χ2n) is 14.1. The van der Waals surface area contributed by atoms with E-state index in [2.05, 4.69) is 193 Å². The van der Waals surface area contributed by atoms with E-state index in [-0.39, 0.29) is 0 Å². The molecule has 0 aliphatic carbocycles. The van der Waals surface area contributed by atoms with Gasteiger partial charge in [-0.2, -0.15) is 0 Å². The van der Waals surface area contributed by atoms with Crippen molar-refractivity contribution in [1.82, 2.24) is 0 Å². The molecular weight excluding hydrogens is 671 g/mol. The molecule has 3 heteroatoms. The molecule has 0 unspecified atom stereocenters. The maximum Gasteiger partial charge on any atom is 0.144 e. The van der Waals surface area contributed by atoms with E-state index in [9.17, 15) is 0 Å². The standard InChI is InChI=1S/C52H33NO2/c1-3-12-34(13-4-1)37-24-28-41(29-25-37)53(42-30-26-38(27-31-42)35-14-5-2-6-15-35)45-19-11-21-47-50(45)44-33-48-51(43-18-9-10-20-46(43)54-48)49(52(44)55-47)40-23-22-36-16-7-8-17-39(36)32-40/h1-33H. The molecule has 0 amide bonds. The topological polar surface area (TPSA) is 29.5 Å². The first-order valence-electron chi connectivity index (χ1n) is 18.7. The van der Waals surface area contributed by atoms with E-state index in [1.165, 1.54) is 33.0 Å². The number of nitrogens with zero attached hydrogens (tertiary/aromatic N) is 1. The summed E-state index contributed by atoms with van der Waals surface area (Å²) in [6.07, 6.45) is 0. The van der Waals surface area contributed by atoms with Crippen LogP contribution >= 0.6 is 0 Å². The van der Waals surface area contributed by atoms with Gasteiger partial charge in [-0.25, -0.2) is 0 Å². The van der Waals surface area contributed by atoms with Crippen molar-refractivity contribution in [2.75, 3.05) is 4.90 Å². The molecule has 11 rings (SSSR count). The number of para-hydroxylation sites is 1. The van der Waals surface area contributed by atoms with Crippen LogP contribution in [-0.4, -0.2) is 0 Å². The molecule has 0 saturated heterocycles. The predicted octanol–water partition coefficient (Wildman–Crippen LogP) is 15.1. The third-order valence-corrected chi connectivity index (χ3v) is 10.8. The van der Waals surface area contributed by atoms with E-state index < -0.39 is 0 Å². The summed E-state index contributed by atoms with van der Waals surface area (Å²) in [5, 5.41) is 6.55. The van der Waals surface area contributed by atoms with E-state index in [1.54, 1.807) is 0 Å². The average Bonchev–Trinajstić information content (AvgIpc) is 3.82. The molecule has 258 valence electrons. The van der Waals surface area contributed by atoms with Gasteiger partial charge in [-0.3, -0.25) is 0 Å². The monoisotopic (exact) mass is 703 g/mol. The van der Waals surface area contributed by atoms with E-state index in [1.807, 2.05) is 12.1 Å². The zero-order valence-electron chi connectivity index (χ0n) is 29.8. The Morgan fingerprint density at radius 3 is 1.58 bits per heavy atom. The van der Waals surface area contributed by atoms with Crippen LogP contribution in [0.5, 0.6) is 0 Å². The summed E-state index contributed by atoms with van der Waals surface area (Å²) in [6.45, 7) is 0. The average molecular weight is 704 g/mol. The number of rotatable bonds is 6. The first kappa shape index (κ1) is 31.2. The van der Waals surface area contributed by atoms with Gasteiger partial charge in [-0.05, 0) is 93.2 Å². The van der Waals surface area contributed by atoms with Gasteiger partial charge in [-0.1, -0.05) is 146 Å². The molecule has 2 aromatic heterocycles. The van der Waals surface area contributed by atoms with Crippen LogP contribution in [0.3, 0.4) is 0 Å². The van der Waals surface area contributed by atoms with Crippen LogP contribution in [0.1, 0.15) is 0 Å². The molecular formula is C52H33NO2. The van der Waals surface area contributed by atoms with Crippen molar-refractivity contribution in [2.45, 2.75) is 0 Å².